The third-order valence-corrected chi connectivity index (χ3v) is 1.22. The van der Waals surface area contributed by atoms with Crippen LogP contribution in [-0.4, -0.2) is 44.3 Å². The molecule has 6 heteroatoms. The molecule has 0 bridgehead atoms. The fourth-order valence-corrected chi connectivity index (χ4v) is 0.546. The summed E-state index contributed by atoms with van der Waals surface area (Å²) in [5.41, 5.74) is 0. The van der Waals surface area contributed by atoms with E-state index < -0.39 is 12.1 Å². The topological polar surface area (TPSA) is 29.5 Å². The third kappa shape index (κ3) is 3.56. The van der Waals surface area contributed by atoms with Gasteiger partial charge >= 0.3 is 12.1 Å². The van der Waals surface area contributed by atoms with Crippen molar-refractivity contribution in [3.63, 3.8) is 0 Å². The Morgan fingerprint density at radius 2 is 2.00 bits per heavy atom. The number of amides is 1. The van der Waals surface area contributed by atoms with Crippen LogP contribution in [-0.2, 0) is 9.53 Å². The van der Waals surface area contributed by atoms with E-state index in [0.717, 1.165) is 7.05 Å². The van der Waals surface area contributed by atoms with Crippen molar-refractivity contribution in [2.75, 3.05) is 27.3 Å². The molecule has 0 aromatic carbocycles. The van der Waals surface area contributed by atoms with Gasteiger partial charge in [-0.2, -0.15) is 13.2 Å². The number of alkyl halides is 3. The maximum Gasteiger partial charge on any atom is 0.471 e. The summed E-state index contributed by atoms with van der Waals surface area (Å²) >= 11 is 0. The molecule has 0 fully saturated rings. The Morgan fingerprint density at radius 3 is 2.33 bits per heavy atom. The molecule has 0 aromatic heterocycles. The van der Waals surface area contributed by atoms with Crippen LogP contribution >= 0.6 is 0 Å². The van der Waals surface area contributed by atoms with E-state index in [9.17, 15) is 18.0 Å². The lowest BCUT2D eigenvalue weighted by atomic mass is 10.5. The first kappa shape index (κ1) is 11.2. The second kappa shape index (κ2) is 4.30. The lowest BCUT2D eigenvalue weighted by Gasteiger charge is -2.17. The number of likely N-dealkylation sites (N-methyl/N-ethyl adjacent to an activating group) is 1. The molecule has 0 spiro atoms. The minimum absolute atomic E-state index is 0.0607. The molecule has 0 atom stereocenters. The van der Waals surface area contributed by atoms with Gasteiger partial charge in [0.15, 0.2) is 0 Å². The summed E-state index contributed by atoms with van der Waals surface area (Å²) in [6, 6.07) is 0. The molecular formula is C6H10F3NO2. The van der Waals surface area contributed by atoms with Gasteiger partial charge < -0.3 is 9.64 Å². The Kier molecular flexibility index (Phi) is 4.02. The van der Waals surface area contributed by atoms with Gasteiger partial charge in [0, 0.05) is 20.7 Å². The Morgan fingerprint density at radius 1 is 1.50 bits per heavy atom. The van der Waals surface area contributed by atoms with Crippen LogP contribution < -0.4 is 0 Å². The number of carbonyl (C=O) groups excluding carboxylic acids is 1. The SMILES string of the molecule is COCCN(C)C(=O)C(F)(F)F. The van der Waals surface area contributed by atoms with Crippen LogP contribution in [0.3, 0.4) is 0 Å². The average Bonchev–Trinajstić information content (AvgIpc) is 1.97. The van der Waals surface area contributed by atoms with E-state index in [2.05, 4.69) is 4.74 Å². The molecule has 0 saturated heterocycles. The Bertz CT molecular complexity index is 157. The second-order valence-electron chi connectivity index (χ2n) is 2.22. The van der Waals surface area contributed by atoms with Gasteiger partial charge in [0.25, 0.3) is 0 Å². The van der Waals surface area contributed by atoms with Gasteiger partial charge in [-0.05, 0) is 0 Å². The number of nitrogens with zero attached hydrogens (tertiary/aromatic N) is 1. The van der Waals surface area contributed by atoms with Crippen LogP contribution in [0.1, 0.15) is 0 Å². The van der Waals surface area contributed by atoms with Gasteiger partial charge in [0.05, 0.1) is 6.61 Å². The van der Waals surface area contributed by atoms with Crippen LogP contribution in [0, 0.1) is 0 Å². The van der Waals surface area contributed by atoms with Crippen LogP contribution in [0.5, 0.6) is 0 Å². The van der Waals surface area contributed by atoms with E-state index in [1.54, 1.807) is 0 Å². The van der Waals surface area contributed by atoms with Crippen LogP contribution in [0.4, 0.5) is 13.2 Å². The standard InChI is InChI=1S/C6H10F3NO2/c1-10(3-4-12-2)5(11)6(7,8)9/h3-4H2,1-2H3. The fourth-order valence-electron chi connectivity index (χ4n) is 0.546. The summed E-state index contributed by atoms with van der Waals surface area (Å²) < 4.78 is 39.6. The van der Waals surface area contributed by atoms with E-state index in [1.807, 2.05) is 0 Å². The first-order valence-corrected chi connectivity index (χ1v) is 3.21. The minimum atomic E-state index is -4.79. The molecule has 72 valence electrons. The average molecular weight is 185 g/mol. The van der Waals surface area contributed by atoms with Gasteiger partial charge in [0.2, 0.25) is 0 Å². The van der Waals surface area contributed by atoms with Crippen molar-refractivity contribution in [3.05, 3.63) is 0 Å². The number of methoxy groups -OCH3 is 1. The number of rotatable bonds is 3. The molecule has 1 amide bonds. The van der Waals surface area contributed by atoms with Crippen molar-refractivity contribution in [1.82, 2.24) is 4.90 Å². The summed E-state index contributed by atoms with van der Waals surface area (Å²) in [5.74, 6) is -1.85. The zero-order valence-corrected chi connectivity index (χ0v) is 6.81. The minimum Gasteiger partial charge on any atom is -0.383 e. The van der Waals surface area contributed by atoms with Gasteiger partial charge in [-0.3, -0.25) is 4.79 Å². The molecule has 0 rings (SSSR count). The first-order chi connectivity index (χ1) is 5.39. The Balaban J connectivity index is 3.94. The van der Waals surface area contributed by atoms with E-state index in [-0.39, 0.29) is 13.2 Å². The quantitative estimate of drug-likeness (QED) is 0.646. The highest BCUT2D eigenvalue weighted by atomic mass is 19.4. The predicted molar refractivity (Wildman–Crippen MR) is 35.6 cm³/mol. The summed E-state index contributed by atoms with van der Waals surface area (Å²) in [5, 5.41) is 0. The molecule has 0 unspecified atom stereocenters. The van der Waals surface area contributed by atoms with Crippen molar-refractivity contribution in [2.45, 2.75) is 6.18 Å². The summed E-state index contributed by atoms with van der Waals surface area (Å²) in [6.45, 7) is 0.0349. The van der Waals surface area contributed by atoms with Crippen molar-refractivity contribution in [2.24, 2.45) is 0 Å². The van der Waals surface area contributed by atoms with Crippen LogP contribution in [0.2, 0.25) is 0 Å². The summed E-state index contributed by atoms with van der Waals surface area (Å²) in [7, 11) is 2.43. The lowest BCUT2D eigenvalue weighted by Crippen LogP contribution is -2.40. The molecule has 0 aromatic rings. The Hall–Kier alpha value is -0.780. The third-order valence-electron chi connectivity index (χ3n) is 1.22. The summed E-state index contributed by atoms with van der Waals surface area (Å²) in [6.07, 6.45) is -4.79. The maximum absolute atomic E-state index is 11.7. The molecule has 0 N–H and O–H groups in total. The van der Waals surface area contributed by atoms with Crippen molar-refractivity contribution in [1.29, 1.82) is 0 Å². The molecule has 0 aliphatic carbocycles. The molecule has 0 radical (unpaired) electrons. The van der Waals surface area contributed by atoms with Gasteiger partial charge in [-0.25, -0.2) is 0 Å². The highest BCUT2D eigenvalue weighted by molar-refractivity contribution is 5.81. The molecule has 3 nitrogen and oxygen atoms in total. The molecule has 0 saturated carbocycles. The first-order valence-electron chi connectivity index (χ1n) is 3.21. The Labute approximate surface area is 68.1 Å². The zero-order chi connectivity index (χ0) is 9.78. The van der Waals surface area contributed by atoms with Crippen LogP contribution in [0.25, 0.3) is 0 Å². The normalized spacial score (nSPS) is 11.4. The zero-order valence-electron chi connectivity index (χ0n) is 6.81. The van der Waals surface area contributed by atoms with Crippen LogP contribution in [0.15, 0.2) is 0 Å². The van der Waals surface area contributed by atoms with E-state index >= 15 is 0 Å². The molecule has 12 heavy (non-hydrogen) atoms. The number of ether oxygens (including phenoxy) is 1. The summed E-state index contributed by atoms with van der Waals surface area (Å²) in [4.78, 5) is 11.0. The van der Waals surface area contributed by atoms with Crippen molar-refractivity contribution >= 4 is 5.91 Å². The fraction of sp³-hybridized carbons (Fsp3) is 0.833. The molecule has 0 aliphatic rings. The van der Waals surface area contributed by atoms with E-state index in [1.165, 1.54) is 7.11 Å². The monoisotopic (exact) mass is 185 g/mol. The molecule has 0 aliphatic heterocycles. The second-order valence-corrected chi connectivity index (χ2v) is 2.22. The number of hydrogen-bond donors (Lipinski definition) is 0. The number of hydrogen-bond acceptors (Lipinski definition) is 2. The van der Waals surface area contributed by atoms with Gasteiger partial charge in [0.1, 0.15) is 0 Å². The largest absolute Gasteiger partial charge is 0.471 e. The highest BCUT2D eigenvalue weighted by Crippen LogP contribution is 2.17. The number of carbonyl (C=O) groups is 1. The molecular weight excluding hydrogens is 175 g/mol. The lowest BCUT2D eigenvalue weighted by molar-refractivity contribution is -0.184. The van der Waals surface area contributed by atoms with E-state index in [0.29, 0.717) is 4.90 Å². The van der Waals surface area contributed by atoms with Crippen molar-refractivity contribution < 1.29 is 22.7 Å². The van der Waals surface area contributed by atoms with Gasteiger partial charge in [-0.1, -0.05) is 0 Å². The maximum atomic E-state index is 11.7. The van der Waals surface area contributed by atoms with Gasteiger partial charge in [-0.15, -0.1) is 0 Å². The van der Waals surface area contributed by atoms with Crippen molar-refractivity contribution in [3.8, 4) is 0 Å². The smallest absolute Gasteiger partial charge is 0.383 e. The molecule has 0 heterocycles. The van der Waals surface area contributed by atoms with E-state index in [4.69, 9.17) is 0 Å². The number of halogens is 3. The predicted octanol–water partition coefficient (Wildman–Crippen LogP) is 0.653. The highest BCUT2D eigenvalue weighted by Gasteiger charge is 2.40.